The van der Waals surface area contributed by atoms with Crippen LogP contribution < -0.4 is 10.1 Å². The Hall–Kier alpha value is -1.08. The lowest BCUT2D eigenvalue weighted by molar-refractivity contribution is 0.366. The maximum absolute atomic E-state index is 11.6. The average molecular weight is 287 g/mol. The lowest BCUT2D eigenvalue weighted by Crippen LogP contribution is -2.39. The Morgan fingerprint density at radius 2 is 2.26 bits per heavy atom. The first-order chi connectivity index (χ1) is 8.93. The zero-order chi connectivity index (χ0) is 14.0. The minimum absolute atomic E-state index is 0.0306. The second kappa shape index (κ2) is 5.50. The van der Waals surface area contributed by atoms with Crippen LogP contribution in [0.15, 0.2) is 0 Å². The van der Waals surface area contributed by atoms with Gasteiger partial charge < -0.3 is 10.1 Å². The van der Waals surface area contributed by atoms with Crippen LogP contribution in [0, 0.1) is 6.92 Å². The molecule has 7 heteroatoms. The number of aromatic nitrogens is 2. The topological polar surface area (TPSA) is 73.2 Å². The predicted octanol–water partition coefficient (Wildman–Crippen LogP) is 0.404. The molecule has 2 heterocycles. The number of hydrogen-bond acceptors (Lipinski definition) is 5. The van der Waals surface area contributed by atoms with E-state index in [2.05, 4.69) is 10.4 Å². The van der Waals surface area contributed by atoms with E-state index >= 15 is 0 Å². The molecule has 1 saturated heterocycles. The van der Waals surface area contributed by atoms with Gasteiger partial charge >= 0.3 is 0 Å². The summed E-state index contributed by atoms with van der Waals surface area (Å²) in [6.07, 6.45) is 1.64. The molecule has 1 aromatic rings. The molecule has 1 fully saturated rings. The Labute approximate surface area is 114 Å². The number of nitrogens with zero attached hydrogens (tertiary/aromatic N) is 2. The molecule has 1 atom stereocenters. The van der Waals surface area contributed by atoms with Crippen LogP contribution in [0.2, 0.25) is 0 Å². The van der Waals surface area contributed by atoms with E-state index < -0.39 is 9.84 Å². The molecule has 2 rings (SSSR count). The van der Waals surface area contributed by atoms with Crippen molar-refractivity contribution < 1.29 is 13.2 Å². The smallest absolute Gasteiger partial charge is 0.216 e. The van der Waals surface area contributed by atoms with Crippen molar-refractivity contribution in [2.24, 2.45) is 7.05 Å². The molecule has 1 N–H and O–H groups in total. The molecule has 6 nitrogen and oxygen atoms in total. The minimum atomic E-state index is -2.87. The molecule has 1 aliphatic rings. The fourth-order valence-corrected chi connectivity index (χ4v) is 4.24. The number of nitrogens with one attached hydrogen (secondary N) is 1. The SMILES string of the molecule is COc1c(CNC2CCCS(=O)(=O)C2)c(C)nn1C. The molecule has 0 saturated carbocycles. The van der Waals surface area contributed by atoms with Crippen LogP contribution in [0.3, 0.4) is 0 Å². The highest BCUT2D eigenvalue weighted by atomic mass is 32.2. The van der Waals surface area contributed by atoms with Gasteiger partial charge in [0.15, 0.2) is 9.84 Å². The zero-order valence-corrected chi connectivity index (χ0v) is 12.5. The normalized spacial score (nSPS) is 22.4. The summed E-state index contributed by atoms with van der Waals surface area (Å²) in [5.41, 5.74) is 1.90. The summed E-state index contributed by atoms with van der Waals surface area (Å²) >= 11 is 0. The number of methoxy groups -OCH3 is 1. The van der Waals surface area contributed by atoms with Crippen LogP contribution in [-0.2, 0) is 23.4 Å². The van der Waals surface area contributed by atoms with Gasteiger partial charge in [-0.2, -0.15) is 5.10 Å². The second-order valence-corrected chi connectivity index (χ2v) is 7.26. The first-order valence-electron chi connectivity index (χ1n) is 6.43. The van der Waals surface area contributed by atoms with Gasteiger partial charge in [0.05, 0.1) is 29.9 Å². The molecule has 0 spiro atoms. The number of ether oxygens (including phenoxy) is 1. The Balaban J connectivity index is 2.03. The van der Waals surface area contributed by atoms with Gasteiger partial charge in [-0.15, -0.1) is 0 Å². The molecule has 0 radical (unpaired) electrons. The van der Waals surface area contributed by atoms with Gasteiger partial charge in [-0.1, -0.05) is 0 Å². The van der Waals surface area contributed by atoms with Gasteiger partial charge in [-0.05, 0) is 19.8 Å². The Kier molecular flexibility index (Phi) is 4.15. The van der Waals surface area contributed by atoms with E-state index in [4.69, 9.17) is 4.74 Å². The monoisotopic (exact) mass is 287 g/mol. The molecule has 0 bridgehead atoms. The van der Waals surface area contributed by atoms with E-state index in [0.717, 1.165) is 30.0 Å². The number of sulfone groups is 1. The van der Waals surface area contributed by atoms with E-state index in [0.29, 0.717) is 12.3 Å². The number of hydrogen-bond donors (Lipinski definition) is 1. The fourth-order valence-electron chi connectivity index (χ4n) is 2.57. The van der Waals surface area contributed by atoms with Gasteiger partial charge in [0.1, 0.15) is 0 Å². The first kappa shape index (κ1) is 14.3. The zero-order valence-electron chi connectivity index (χ0n) is 11.6. The van der Waals surface area contributed by atoms with Gasteiger partial charge in [-0.25, -0.2) is 13.1 Å². The van der Waals surface area contributed by atoms with Crippen molar-refractivity contribution >= 4 is 9.84 Å². The summed E-state index contributed by atoms with van der Waals surface area (Å²) < 4.78 is 30.2. The molecule has 1 aliphatic heterocycles. The Morgan fingerprint density at radius 1 is 1.53 bits per heavy atom. The van der Waals surface area contributed by atoms with Crippen molar-refractivity contribution in [2.75, 3.05) is 18.6 Å². The first-order valence-corrected chi connectivity index (χ1v) is 8.25. The molecule has 0 aliphatic carbocycles. The standard InChI is InChI=1S/C12H21N3O3S/c1-9-11(12(18-3)15(2)14-9)7-13-10-5-4-6-19(16,17)8-10/h10,13H,4-8H2,1-3H3. The van der Waals surface area contributed by atoms with E-state index in [1.54, 1.807) is 11.8 Å². The quantitative estimate of drug-likeness (QED) is 0.868. The summed E-state index contributed by atoms with van der Waals surface area (Å²) in [6, 6.07) is 0.0306. The Morgan fingerprint density at radius 3 is 2.89 bits per heavy atom. The molecular formula is C12H21N3O3S. The van der Waals surface area contributed by atoms with Crippen molar-refractivity contribution in [1.29, 1.82) is 0 Å². The third-order valence-corrected chi connectivity index (χ3v) is 5.33. The van der Waals surface area contributed by atoms with E-state index in [1.807, 2.05) is 14.0 Å². The average Bonchev–Trinajstić information content (AvgIpc) is 2.59. The molecule has 0 aromatic carbocycles. The highest BCUT2D eigenvalue weighted by molar-refractivity contribution is 7.91. The number of aryl methyl sites for hydroxylation is 2. The van der Waals surface area contributed by atoms with Crippen LogP contribution in [0.4, 0.5) is 0 Å². The predicted molar refractivity (Wildman–Crippen MR) is 73.0 cm³/mol. The summed E-state index contributed by atoms with van der Waals surface area (Å²) in [4.78, 5) is 0. The summed E-state index contributed by atoms with van der Waals surface area (Å²) in [6.45, 7) is 2.51. The second-order valence-electron chi connectivity index (χ2n) is 5.03. The van der Waals surface area contributed by atoms with Crippen LogP contribution in [0.25, 0.3) is 0 Å². The summed E-state index contributed by atoms with van der Waals surface area (Å²) in [5, 5.41) is 7.62. The molecular weight excluding hydrogens is 266 g/mol. The Bertz CT molecular complexity index is 551. The third kappa shape index (κ3) is 3.27. The fraction of sp³-hybridized carbons (Fsp3) is 0.750. The van der Waals surface area contributed by atoms with E-state index in [1.165, 1.54) is 0 Å². The van der Waals surface area contributed by atoms with Crippen molar-refractivity contribution in [3.8, 4) is 5.88 Å². The third-order valence-electron chi connectivity index (χ3n) is 3.51. The maximum atomic E-state index is 11.6. The lowest BCUT2D eigenvalue weighted by atomic mass is 10.1. The summed E-state index contributed by atoms with van der Waals surface area (Å²) in [5.74, 6) is 1.28. The van der Waals surface area contributed by atoms with Crippen molar-refractivity contribution in [3.63, 3.8) is 0 Å². The highest BCUT2D eigenvalue weighted by Crippen LogP contribution is 2.21. The van der Waals surface area contributed by atoms with Gasteiger partial charge in [0.2, 0.25) is 5.88 Å². The largest absolute Gasteiger partial charge is 0.481 e. The van der Waals surface area contributed by atoms with Crippen LogP contribution in [0.5, 0.6) is 5.88 Å². The molecule has 1 unspecified atom stereocenters. The van der Waals surface area contributed by atoms with Crippen molar-refractivity contribution in [1.82, 2.24) is 15.1 Å². The van der Waals surface area contributed by atoms with Crippen LogP contribution in [0.1, 0.15) is 24.1 Å². The molecule has 19 heavy (non-hydrogen) atoms. The van der Waals surface area contributed by atoms with Gasteiger partial charge in [-0.3, -0.25) is 0 Å². The van der Waals surface area contributed by atoms with E-state index in [9.17, 15) is 8.42 Å². The van der Waals surface area contributed by atoms with Crippen molar-refractivity contribution in [3.05, 3.63) is 11.3 Å². The molecule has 108 valence electrons. The van der Waals surface area contributed by atoms with E-state index in [-0.39, 0.29) is 11.8 Å². The van der Waals surface area contributed by atoms with Gasteiger partial charge in [0, 0.05) is 19.6 Å². The van der Waals surface area contributed by atoms with Gasteiger partial charge in [0.25, 0.3) is 0 Å². The number of rotatable bonds is 4. The minimum Gasteiger partial charge on any atom is -0.481 e. The lowest BCUT2D eigenvalue weighted by Gasteiger charge is -2.23. The van der Waals surface area contributed by atoms with Crippen molar-refractivity contribution in [2.45, 2.75) is 32.4 Å². The highest BCUT2D eigenvalue weighted by Gasteiger charge is 2.25. The maximum Gasteiger partial charge on any atom is 0.216 e. The summed E-state index contributed by atoms with van der Waals surface area (Å²) in [7, 11) is 0.578. The molecule has 1 aromatic heterocycles. The van der Waals surface area contributed by atoms with Crippen LogP contribution >= 0.6 is 0 Å². The molecule has 0 amide bonds. The van der Waals surface area contributed by atoms with Crippen LogP contribution in [-0.4, -0.2) is 42.9 Å².